The van der Waals surface area contributed by atoms with E-state index in [0.29, 0.717) is 29.5 Å². The first kappa shape index (κ1) is 23.4. The lowest BCUT2D eigenvalue weighted by atomic mass is 9.79. The molecule has 0 radical (unpaired) electrons. The van der Waals surface area contributed by atoms with E-state index in [1.54, 1.807) is 11.3 Å². The Balaban J connectivity index is 2.08. The number of aliphatic hydroxyl groups excluding tert-OH is 1. The first-order valence-corrected chi connectivity index (χ1v) is 12.5. The maximum atomic E-state index is 12.5. The van der Waals surface area contributed by atoms with E-state index in [0.717, 1.165) is 47.0 Å². The molecule has 4 atom stereocenters. The number of carboxylic acid groups (broad SMARTS) is 1. The number of aliphatic carboxylic acids is 1. The van der Waals surface area contributed by atoms with E-state index in [-0.39, 0.29) is 0 Å². The normalized spacial score (nSPS) is 24.8. The van der Waals surface area contributed by atoms with Crippen LogP contribution in [-0.2, 0) is 16.0 Å². The number of fused-ring (bicyclic) bond motifs is 3. The van der Waals surface area contributed by atoms with Gasteiger partial charge in [0, 0.05) is 21.5 Å². The monoisotopic (exact) mass is 457 g/mol. The maximum Gasteiger partial charge on any atom is 0.337 e. The molecule has 174 valence electrons. The molecule has 0 bridgehead atoms. The molecule has 2 aromatic rings. The summed E-state index contributed by atoms with van der Waals surface area (Å²) in [6.45, 7) is 11.9. The number of ether oxygens (including phenoxy) is 1. The summed E-state index contributed by atoms with van der Waals surface area (Å²) in [5.41, 5.74) is 3.62. The van der Waals surface area contributed by atoms with E-state index in [1.165, 1.54) is 10.4 Å². The quantitative estimate of drug-likeness (QED) is 0.575. The molecule has 2 N–H and O–H groups in total. The predicted molar refractivity (Wildman–Crippen MR) is 129 cm³/mol. The fraction of sp³-hybridized carbons (Fsp3) is 0.615. The fourth-order valence-corrected chi connectivity index (χ4v) is 6.68. The highest BCUT2D eigenvalue weighted by Gasteiger charge is 2.37. The molecular formula is C26H35NO4S. The van der Waals surface area contributed by atoms with Gasteiger partial charge in [0.1, 0.15) is 4.83 Å². The zero-order chi connectivity index (χ0) is 23.4. The van der Waals surface area contributed by atoms with Crippen molar-refractivity contribution in [3.63, 3.8) is 0 Å². The smallest absolute Gasteiger partial charge is 0.337 e. The Bertz CT molecular complexity index is 1080. The third-order valence-corrected chi connectivity index (χ3v) is 7.85. The predicted octanol–water partition coefficient (Wildman–Crippen LogP) is 6.16. The van der Waals surface area contributed by atoms with Crippen molar-refractivity contribution < 1.29 is 19.7 Å². The van der Waals surface area contributed by atoms with Gasteiger partial charge in [-0.15, -0.1) is 11.3 Å². The van der Waals surface area contributed by atoms with Crippen LogP contribution in [0, 0.1) is 12.8 Å². The number of carbonyl (C=O) groups is 1. The minimum Gasteiger partial charge on any atom is -0.479 e. The molecule has 5 nitrogen and oxygen atoms in total. The van der Waals surface area contributed by atoms with Crippen LogP contribution in [0.3, 0.4) is 0 Å². The van der Waals surface area contributed by atoms with E-state index in [4.69, 9.17) is 9.72 Å². The van der Waals surface area contributed by atoms with E-state index in [1.807, 2.05) is 27.7 Å². The van der Waals surface area contributed by atoms with Gasteiger partial charge in [-0.05, 0) is 88.3 Å². The molecule has 2 aliphatic carbocycles. The summed E-state index contributed by atoms with van der Waals surface area (Å²) >= 11 is 1.73. The van der Waals surface area contributed by atoms with Crippen LogP contribution >= 0.6 is 11.3 Å². The highest BCUT2D eigenvalue weighted by atomic mass is 32.1. The fourth-order valence-electron chi connectivity index (χ4n) is 5.29. The molecule has 0 saturated carbocycles. The zero-order valence-electron chi connectivity index (χ0n) is 20.0. The molecule has 0 aliphatic heterocycles. The highest BCUT2D eigenvalue weighted by Crippen LogP contribution is 2.48. The molecule has 2 aromatic heterocycles. The van der Waals surface area contributed by atoms with Crippen LogP contribution in [0.4, 0.5) is 0 Å². The van der Waals surface area contributed by atoms with E-state index < -0.39 is 23.8 Å². The Kier molecular flexibility index (Phi) is 6.25. The van der Waals surface area contributed by atoms with Gasteiger partial charge in [0.05, 0.1) is 11.7 Å². The molecule has 2 aliphatic rings. The molecule has 2 heterocycles. The van der Waals surface area contributed by atoms with Crippen molar-refractivity contribution in [3.8, 4) is 0 Å². The Morgan fingerprint density at radius 2 is 2.03 bits per heavy atom. The number of hydrogen-bond donors (Lipinski definition) is 2. The molecule has 4 rings (SSSR count). The van der Waals surface area contributed by atoms with E-state index >= 15 is 0 Å². The molecular weight excluding hydrogens is 422 g/mol. The molecule has 0 amide bonds. The summed E-state index contributed by atoms with van der Waals surface area (Å²) in [4.78, 5) is 19.7. The van der Waals surface area contributed by atoms with Gasteiger partial charge in [-0.3, -0.25) is 0 Å². The van der Waals surface area contributed by atoms with Gasteiger partial charge in [0.25, 0.3) is 0 Å². The first-order chi connectivity index (χ1) is 15.0. The van der Waals surface area contributed by atoms with Crippen LogP contribution < -0.4 is 0 Å². The van der Waals surface area contributed by atoms with Gasteiger partial charge in [-0.2, -0.15) is 0 Å². The standard InChI is InChI=1S/C26H35NO4S/c1-13-10-11-16(17(28)12-13)21-20(23(25(29)30)31-26(4,5)6)15(3)27-24-22(21)19-14(2)8-7-9-18(19)32-24/h11,13-14,17,23,28H,7-10,12H2,1-6H3,(H,29,30)/t13?,14?,17-,23+/m1/s1. The molecule has 32 heavy (non-hydrogen) atoms. The van der Waals surface area contributed by atoms with Crippen molar-refractivity contribution in [3.05, 3.63) is 33.3 Å². The maximum absolute atomic E-state index is 12.5. The molecule has 2 unspecified atom stereocenters. The van der Waals surface area contributed by atoms with Crippen LogP contribution in [-0.4, -0.2) is 32.9 Å². The zero-order valence-corrected chi connectivity index (χ0v) is 20.8. The third-order valence-electron chi connectivity index (χ3n) is 6.69. The number of hydrogen-bond acceptors (Lipinski definition) is 5. The second-order valence-electron chi connectivity index (χ2n) is 10.6. The number of allylic oxidation sites excluding steroid dienone is 1. The number of pyridine rings is 1. The van der Waals surface area contributed by atoms with Gasteiger partial charge in [-0.1, -0.05) is 19.9 Å². The Morgan fingerprint density at radius 3 is 2.66 bits per heavy atom. The average Bonchev–Trinajstić information content (AvgIpc) is 3.04. The Morgan fingerprint density at radius 1 is 1.31 bits per heavy atom. The summed E-state index contributed by atoms with van der Waals surface area (Å²) in [5.74, 6) is -0.246. The summed E-state index contributed by atoms with van der Waals surface area (Å²) in [6.07, 6.45) is 5.20. The van der Waals surface area contributed by atoms with Gasteiger partial charge in [0.2, 0.25) is 0 Å². The van der Waals surface area contributed by atoms with Crippen molar-refractivity contribution in [2.24, 2.45) is 5.92 Å². The number of carboxylic acids is 1. The van der Waals surface area contributed by atoms with Crippen LogP contribution in [0.1, 0.15) is 99.6 Å². The molecule has 0 aromatic carbocycles. The number of aromatic nitrogens is 1. The SMILES string of the molecule is Cc1nc2sc3c(c2c(C2=CCC(C)C[C@H]2O)c1[C@H](OC(C)(C)C)C(=O)O)C(C)CCC3. The second kappa shape index (κ2) is 8.54. The largest absolute Gasteiger partial charge is 0.479 e. The minimum atomic E-state index is -1.15. The van der Waals surface area contributed by atoms with Gasteiger partial charge in [-0.25, -0.2) is 9.78 Å². The average molecular weight is 458 g/mol. The number of rotatable bonds is 4. The van der Waals surface area contributed by atoms with Crippen LogP contribution in [0.25, 0.3) is 15.8 Å². The van der Waals surface area contributed by atoms with Crippen LogP contribution in [0.5, 0.6) is 0 Å². The summed E-state index contributed by atoms with van der Waals surface area (Å²) in [6, 6.07) is 0. The minimum absolute atomic E-state index is 0.385. The number of aliphatic hydroxyl groups is 1. The molecule has 6 heteroatoms. The van der Waals surface area contributed by atoms with E-state index in [9.17, 15) is 15.0 Å². The molecule has 0 fully saturated rings. The second-order valence-corrected chi connectivity index (χ2v) is 11.7. The number of thiophene rings is 1. The van der Waals surface area contributed by atoms with Crippen molar-refractivity contribution in [2.75, 3.05) is 0 Å². The van der Waals surface area contributed by atoms with Gasteiger partial charge >= 0.3 is 5.97 Å². The first-order valence-electron chi connectivity index (χ1n) is 11.7. The van der Waals surface area contributed by atoms with Crippen molar-refractivity contribution in [1.82, 2.24) is 4.98 Å². The molecule has 0 spiro atoms. The summed E-state index contributed by atoms with van der Waals surface area (Å²) < 4.78 is 6.11. The lowest BCUT2D eigenvalue weighted by Crippen LogP contribution is -2.29. The highest BCUT2D eigenvalue weighted by molar-refractivity contribution is 7.18. The summed E-state index contributed by atoms with van der Waals surface area (Å²) in [5, 5.41) is 22.4. The van der Waals surface area contributed by atoms with Crippen molar-refractivity contribution in [2.45, 2.75) is 97.4 Å². The van der Waals surface area contributed by atoms with Crippen molar-refractivity contribution in [1.29, 1.82) is 0 Å². The van der Waals surface area contributed by atoms with Gasteiger partial charge in [0.15, 0.2) is 6.10 Å². The summed E-state index contributed by atoms with van der Waals surface area (Å²) in [7, 11) is 0. The topological polar surface area (TPSA) is 79.7 Å². The third kappa shape index (κ3) is 4.25. The molecule has 0 saturated heterocycles. The van der Waals surface area contributed by atoms with E-state index in [2.05, 4.69) is 19.9 Å². The number of aryl methyl sites for hydroxylation is 2. The lowest BCUT2D eigenvalue weighted by Gasteiger charge is -2.31. The lowest BCUT2D eigenvalue weighted by molar-refractivity contribution is -0.160. The van der Waals surface area contributed by atoms with Crippen LogP contribution in [0.2, 0.25) is 0 Å². The van der Waals surface area contributed by atoms with Crippen LogP contribution in [0.15, 0.2) is 6.08 Å². The Hall–Kier alpha value is -1.76. The van der Waals surface area contributed by atoms with Gasteiger partial charge < -0.3 is 14.9 Å². The Labute approximate surface area is 194 Å². The number of nitrogens with zero attached hydrogens (tertiary/aromatic N) is 1. The van der Waals surface area contributed by atoms with Crippen molar-refractivity contribution >= 4 is 33.1 Å².